The van der Waals surface area contributed by atoms with Gasteiger partial charge >= 0.3 is 5.97 Å². The predicted molar refractivity (Wildman–Crippen MR) is 237 cm³/mol. The van der Waals surface area contributed by atoms with Crippen molar-refractivity contribution in [2.75, 3.05) is 59.4 Å². The second kappa shape index (κ2) is 31.2. The van der Waals surface area contributed by atoms with Crippen molar-refractivity contribution in [3.63, 3.8) is 0 Å². The fourth-order valence-electron chi connectivity index (χ4n) is 7.39. The zero-order valence-corrected chi connectivity index (χ0v) is 37.1. The number of unbranched alkanes of at least 4 members (excludes halogenated alkanes) is 11. The van der Waals surface area contributed by atoms with E-state index in [2.05, 4.69) is 59.2 Å². The van der Waals surface area contributed by atoms with Gasteiger partial charge in [0, 0.05) is 51.5 Å². The number of carbonyl (C=O) groups excluding carboxylic acids is 4. The summed E-state index contributed by atoms with van der Waals surface area (Å²) in [5.74, 6) is -0.106. The van der Waals surface area contributed by atoms with Crippen molar-refractivity contribution < 1.29 is 42.9 Å². The van der Waals surface area contributed by atoms with E-state index in [1.807, 2.05) is 20.8 Å². The molecule has 1 aliphatic carbocycles. The Balaban J connectivity index is 1.02. The lowest BCUT2D eigenvalue weighted by molar-refractivity contribution is -0.155. The summed E-state index contributed by atoms with van der Waals surface area (Å²) in [4.78, 5) is 47.8. The van der Waals surface area contributed by atoms with E-state index >= 15 is 0 Å². The monoisotopic (exact) mass is 837 g/mol. The van der Waals surface area contributed by atoms with E-state index in [1.54, 1.807) is 0 Å². The number of aldehydes is 1. The lowest BCUT2D eigenvalue weighted by Crippen LogP contribution is -2.37. The third-order valence-corrected chi connectivity index (χ3v) is 10.5. The van der Waals surface area contributed by atoms with Crippen molar-refractivity contribution in [1.82, 2.24) is 10.6 Å². The second-order valence-electron chi connectivity index (χ2n) is 16.9. The van der Waals surface area contributed by atoms with Crippen LogP contribution in [0.2, 0.25) is 0 Å². The molecular formula is C49H76N2O9. The molecule has 0 spiro atoms. The smallest absolute Gasteiger partial charge is 0.306 e. The Morgan fingerprint density at radius 2 is 1.07 bits per heavy atom. The van der Waals surface area contributed by atoms with E-state index < -0.39 is 11.6 Å². The van der Waals surface area contributed by atoms with Gasteiger partial charge in [-0.05, 0) is 75.1 Å². The molecule has 2 N–H and O–H groups in total. The molecule has 2 aromatic rings. The Bertz CT molecular complexity index is 1450. The SMILES string of the molecule is CC(C)(C)OC(=O)CCCCCCCCCCCCCCC(=O)NC(C=O)CCC(=O)NCCCOCCOCCOCCCOCC1c2ccccc2-c2ccccc21. The minimum atomic E-state index is -0.652. The molecule has 0 heterocycles. The van der Waals surface area contributed by atoms with Crippen molar-refractivity contribution in [1.29, 1.82) is 0 Å². The van der Waals surface area contributed by atoms with Crippen LogP contribution in [0.25, 0.3) is 11.1 Å². The zero-order valence-electron chi connectivity index (χ0n) is 37.1. The quantitative estimate of drug-likeness (QED) is 0.0391. The summed E-state index contributed by atoms with van der Waals surface area (Å²) in [6, 6.07) is 16.5. The molecule has 0 aliphatic heterocycles. The van der Waals surface area contributed by atoms with E-state index in [1.165, 1.54) is 67.2 Å². The average Bonchev–Trinajstić information content (AvgIpc) is 3.54. The predicted octanol–water partition coefficient (Wildman–Crippen LogP) is 9.03. The number of rotatable bonds is 36. The van der Waals surface area contributed by atoms with Crippen molar-refractivity contribution in [3.8, 4) is 11.1 Å². The van der Waals surface area contributed by atoms with Crippen molar-refractivity contribution in [2.45, 2.75) is 154 Å². The van der Waals surface area contributed by atoms with E-state index in [-0.39, 0.29) is 36.5 Å². The highest BCUT2D eigenvalue weighted by atomic mass is 16.6. The van der Waals surface area contributed by atoms with E-state index in [0.717, 1.165) is 38.5 Å². The van der Waals surface area contributed by atoms with Gasteiger partial charge in [-0.15, -0.1) is 0 Å². The summed E-state index contributed by atoms with van der Waals surface area (Å²) in [5.41, 5.74) is 4.90. The molecule has 336 valence electrons. The normalized spacial score (nSPS) is 12.8. The number of hydrogen-bond acceptors (Lipinski definition) is 9. The first-order chi connectivity index (χ1) is 29.2. The number of fused-ring (bicyclic) bond motifs is 3. The zero-order chi connectivity index (χ0) is 43.1. The van der Waals surface area contributed by atoms with Crippen molar-refractivity contribution >= 4 is 24.1 Å². The van der Waals surface area contributed by atoms with Crippen LogP contribution in [0.3, 0.4) is 0 Å². The number of benzene rings is 2. The summed E-state index contributed by atoms with van der Waals surface area (Å²) in [6.07, 6.45) is 16.9. The highest BCUT2D eigenvalue weighted by Gasteiger charge is 2.28. The molecule has 0 saturated carbocycles. The fraction of sp³-hybridized carbons (Fsp3) is 0.673. The standard InChI is InChI=1S/C49H76N2O9/c1-49(2,3)60-48(55)27-15-13-11-9-7-5-4-6-8-10-12-14-26-47(54)51-40(38-52)28-29-46(53)50-30-20-31-56-34-36-58-37-35-57-32-21-33-59-39-45-43-24-18-16-22-41(43)42-23-17-19-25-44(42)45/h16-19,22-25,38,40,45H,4-15,20-21,26-37,39H2,1-3H3,(H,50,53)(H,51,54). The number of carbonyl (C=O) groups is 4. The first-order valence-electron chi connectivity index (χ1n) is 22.9. The lowest BCUT2D eigenvalue weighted by Gasteiger charge is -2.19. The van der Waals surface area contributed by atoms with Gasteiger partial charge in [0.05, 0.1) is 39.1 Å². The Labute approximate surface area is 360 Å². The molecule has 11 nitrogen and oxygen atoms in total. The van der Waals surface area contributed by atoms with Gasteiger partial charge in [0.25, 0.3) is 0 Å². The van der Waals surface area contributed by atoms with Gasteiger partial charge in [-0.2, -0.15) is 0 Å². The molecule has 0 fully saturated rings. The summed E-state index contributed by atoms with van der Waals surface area (Å²) in [7, 11) is 0. The lowest BCUT2D eigenvalue weighted by atomic mass is 9.98. The molecule has 60 heavy (non-hydrogen) atoms. The van der Waals surface area contributed by atoms with Gasteiger partial charge < -0.3 is 39.1 Å². The molecule has 1 unspecified atom stereocenters. The van der Waals surface area contributed by atoms with Crippen LogP contribution in [0.1, 0.15) is 153 Å². The Morgan fingerprint density at radius 3 is 1.62 bits per heavy atom. The van der Waals surface area contributed by atoms with Gasteiger partial charge in [0.1, 0.15) is 11.9 Å². The molecule has 1 atom stereocenters. The van der Waals surface area contributed by atoms with Crippen LogP contribution in [0.4, 0.5) is 0 Å². The minimum Gasteiger partial charge on any atom is -0.460 e. The Kier molecular flexibility index (Phi) is 26.4. The number of ether oxygens (including phenoxy) is 5. The Hall–Kier alpha value is -3.64. The average molecular weight is 837 g/mol. The summed E-state index contributed by atoms with van der Waals surface area (Å²) in [5, 5.41) is 5.61. The summed E-state index contributed by atoms with van der Waals surface area (Å²) >= 11 is 0. The van der Waals surface area contributed by atoms with Gasteiger partial charge in [-0.3, -0.25) is 14.4 Å². The molecule has 1 aliphatic rings. The molecule has 0 aromatic heterocycles. The molecule has 11 heteroatoms. The van der Waals surface area contributed by atoms with Crippen LogP contribution >= 0.6 is 0 Å². The minimum absolute atomic E-state index is 0.0981. The van der Waals surface area contributed by atoms with Crippen molar-refractivity contribution in [3.05, 3.63) is 59.7 Å². The summed E-state index contributed by atoms with van der Waals surface area (Å²) in [6.45, 7) is 10.6. The maximum absolute atomic E-state index is 12.3. The maximum atomic E-state index is 12.3. The van der Waals surface area contributed by atoms with Crippen LogP contribution in [0.15, 0.2) is 48.5 Å². The topological polar surface area (TPSA) is 138 Å². The highest BCUT2D eigenvalue weighted by molar-refractivity contribution is 5.81. The molecule has 0 bridgehead atoms. The number of esters is 1. The van der Waals surface area contributed by atoms with Gasteiger partial charge in [0.2, 0.25) is 11.8 Å². The molecule has 0 radical (unpaired) electrons. The fourth-order valence-corrected chi connectivity index (χ4v) is 7.39. The number of hydrogen-bond donors (Lipinski definition) is 2. The third-order valence-electron chi connectivity index (χ3n) is 10.5. The first-order valence-corrected chi connectivity index (χ1v) is 22.9. The van der Waals surface area contributed by atoms with E-state index in [4.69, 9.17) is 23.7 Å². The number of nitrogens with one attached hydrogen (secondary N) is 2. The molecule has 2 aromatic carbocycles. The van der Waals surface area contributed by atoms with Crippen LogP contribution < -0.4 is 10.6 Å². The van der Waals surface area contributed by atoms with Crippen molar-refractivity contribution in [2.24, 2.45) is 0 Å². The number of amides is 2. The first kappa shape index (κ1) is 50.7. The third kappa shape index (κ3) is 22.8. The Morgan fingerprint density at radius 1 is 0.583 bits per heavy atom. The molecule has 2 amide bonds. The molecular weight excluding hydrogens is 761 g/mol. The van der Waals surface area contributed by atoms with Crippen LogP contribution in [-0.2, 0) is 42.9 Å². The van der Waals surface area contributed by atoms with E-state index in [0.29, 0.717) is 84.9 Å². The van der Waals surface area contributed by atoms with Gasteiger partial charge in [-0.1, -0.05) is 113 Å². The molecule has 0 saturated heterocycles. The largest absolute Gasteiger partial charge is 0.460 e. The van der Waals surface area contributed by atoms with Crippen LogP contribution in [0, 0.1) is 0 Å². The van der Waals surface area contributed by atoms with Crippen LogP contribution in [-0.4, -0.2) is 95.1 Å². The van der Waals surface area contributed by atoms with Gasteiger partial charge in [0.15, 0.2) is 0 Å². The van der Waals surface area contributed by atoms with Gasteiger partial charge in [-0.25, -0.2) is 0 Å². The van der Waals surface area contributed by atoms with E-state index in [9.17, 15) is 19.2 Å². The van der Waals surface area contributed by atoms with Crippen LogP contribution in [0.5, 0.6) is 0 Å². The second-order valence-corrected chi connectivity index (χ2v) is 16.9. The molecule has 3 rings (SSSR count). The highest BCUT2D eigenvalue weighted by Crippen LogP contribution is 2.44. The summed E-state index contributed by atoms with van der Waals surface area (Å²) < 4.78 is 28.3. The maximum Gasteiger partial charge on any atom is 0.306 e.